The number of anilines is 2. The van der Waals surface area contributed by atoms with Crippen molar-refractivity contribution in [2.24, 2.45) is 5.73 Å². The second-order valence-electron chi connectivity index (χ2n) is 7.88. The smallest absolute Gasteiger partial charge is 0.359 e. The molecule has 2 heterocycles. The zero-order chi connectivity index (χ0) is 19.7. The second kappa shape index (κ2) is 7.73. The summed E-state index contributed by atoms with van der Waals surface area (Å²) in [5, 5.41) is 5.70. The Morgan fingerprint density at radius 1 is 1.07 bits per heavy atom. The molecule has 0 aliphatic heterocycles. The topological polar surface area (TPSA) is 93.7 Å². The summed E-state index contributed by atoms with van der Waals surface area (Å²) in [6.07, 6.45) is 5.32. The van der Waals surface area contributed by atoms with E-state index in [1.807, 2.05) is 4.57 Å². The first-order valence-corrected chi connectivity index (χ1v) is 9.96. The summed E-state index contributed by atoms with van der Waals surface area (Å²) in [6.45, 7) is -1.16. The number of rotatable bonds is 5. The minimum Gasteiger partial charge on any atom is -0.359 e. The molecule has 7 nitrogen and oxygen atoms in total. The van der Waals surface area contributed by atoms with Crippen LogP contribution in [0.3, 0.4) is 0 Å². The molecule has 2 aromatic heterocycles. The molecule has 2 fully saturated rings. The molecule has 2 aromatic rings. The number of nitrogens with two attached hydrogens (primary N) is 1. The molecule has 4 N–H and O–H groups in total. The molecule has 0 unspecified atom stereocenters. The first-order valence-electron chi connectivity index (χ1n) is 9.96. The van der Waals surface area contributed by atoms with E-state index < -0.39 is 12.7 Å². The Labute approximate surface area is 161 Å². The Bertz CT molecular complexity index is 805. The number of hydrogen-bond donors (Lipinski definition) is 3. The van der Waals surface area contributed by atoms with Gasteiger partial charge in [0.25, 0.3) is 0 Å². The maximum Gasteiger partial charge on any atom is 0.405 e. The zero-order valence-electron chi connectivity index (χ0n) is 15.7. The lowest BCUT2D eigenvalue weighted by molar-refractivity contribution is -0.115. The van der Waals surface area contributed by atoms with Crippen molar-refractivity contribution in [1.29, 1.82) is 0 Å². The van der Waals surface area contributed by atoms with Gasteiger partial charge in [-0.1, -0.05) is 12.8 Å². The Kier molecular flexibility index (Phi) is 5.31. The Morgan fingerprint density at radius 2 is 1.79 bits per heavy atom. The third kappa shape index (κ3) is 4.31. The molecular formula is C18H26F3N7. The standard InChI is InChI=1S/C18H26F3N7/c19-18(20,21)9-23-15-14-16(28(10-24-14)13-3-1-2-4-13)27-17(26-15)25-12-7-5-11(22)6-8-12/h10-13H,1-9,22H2,(H2,23,25,26,27). The highest BCUT2D eigenvalue weighted by atomic mass is 19.4. The molecule has 154 valence electrons. The largest absolute Gasteiger partial charge is 0.405 e. The summed E-state index contributed by atoms with van der Waals surface area (Å²) < 4.78 is 40.2. The van der Waals surface area contributed by atoms with Crippen molar-refractivity contribution >= 4 is 22.9 Å². The maximum absolute atomic E-state index is 12.7. The summed E-state index contributed by atoms with van der Waals surface area (Å²) in [4.78, 5) is 13.3. The van der Waals surface area contributed by atoms with Gasteiger partial charge in [-0.25, -0.2) is 4.98 Å². The fraction of sp³-hybridized carbons (Fsp3) is 0.722. The zero-order valence-corrected chi connectivity index (χ0v) is 15.7. The van der Waals surface area contributed by atoms with Gasteiger partial charge < -0.3 is 20.9 Å². The van der Waals surface area contributed by atoms with Crippen molar-refractivity contribution in [2.75, 3.05) is 17.2 Å². The highest BCUT2D eigenvalue weighted by molar-refractivity contribution is 5.84. The van der Waals surface area contributed by atoms with E-state index in [0.717, 1.165) is 51.4 Å². The molecule has 0 aromatic carbocycles. The maximum atomic E-state index is 12.7. The number of halogens is 3. The molecule has 10 heteroatoms. The molecule has 0 radical (unpaired) electrons. The SMILES string of the molecule is NC1CCC(Nc2nc(NCC(F)(F)F)c3ncn(C4CCCC4)c3n2)CC1. The summed E-state index contributed by atoms with van der Waals surface area (Å²) in [6, 6.07) is 0.681. The number of nitrogens with zero attached hydrogens (tertiary/aromatic N) is 4. The minimum absolute atomic E-state index is 0.120. The summed E-state index contributed by atoms with van der Waals surface area (Å²) >= 11 is 0. The normalized spacial score (nSPS) is 24.0. The first kappa shape index (κ1) is 19.2. The lowest BCUT2D eigenvalue weighted by Crippen LogP contribution is -2.33. The van der Waals surface area contributed by atoms with Gasteiger partial charge in [0.05, 0.1) is 6.33 Å². The molecule has 0 saturated heterocycles. The van der Waals surface area contributed by atoms with Crippen LogP contribution >= 0.6 is 0 Å². The fourth-order valence-corrected chi connectivity index (χ4v) is 4.18. The number of imidazole rings is 1. The lowest BCUT2D eigenvalue weighted by Gasteiger charge is -2.27. The third-order valence-electron chi connectivity index (χ3n) is 5.70. The summed E-state index contributed by atoms with van der Waals surface area (Å²) in [7, 11) is 0. The van der Waals surface area contributed by atoms with Crippen molar-refractivity contribution in [3.05, 3.63) is 6.33 Å². The van der Waals surface area contributed by atoms with Crippen LogP contribution in [0, 0.1) is 0 Å². The highest BCUT2D eigenvalue weighted by Crippen LogP contribution is 2.33. The third-order valence-corrected chi connectivity index (χ3v) is 5.70. The molecule has 2 saturated carbocycles. The second-order valence-corrected chi connectivity index (χ2v) is 7.88. The summed E-state index contributed by atoms with van der Waals surface area (Å²) in [5.41, 5.74) is 6.92. The van der Waals surface area contributed by atoms with E-state index in [0.29, 0.717) is 17.1 Å². The molecule has 0 atom stereocenters. The van der Waals surface area contributed by atoms with Crippen LogP contribution in [0.4, 0.5) is 24.9 Å². The number of aromatic nitrogens is 4. The van der Waals surface area contributed by atoms with Crippen molar-refractivity contribution in [3.8, 4) is 0 Å². The van der Waals surface area contributed by atoms with Gasteiger partial charge in [0.2, 0.25) is 5.95 Å². The van der Waals surface area contributed by atoms with Crippen LogP contribution in [0.5, 0.6) is 0 Å². The number of alkyl halides is 3. The van der Waals surface area contributed by atoms with Gasteiger partial charge in [-0.2, -0.15) is 23.1 Å². The monoisotopic (exact) mass is 397 g/mol. The molecule has 0 amide bonds. The molecule has 2 aliphatic carbocycles. The van der Waals surface area contributed by atoms with Gasteiger partial charge in [0, 0.05) is 18.1 Å². The molecule has 0 spiro atoms. The van der Waals surface area contributed by atoms with Gasteiger partial charge in [0.15, 0.2) is 17.0 Å². The van der Waals surface area contributed by atoms with Gasteiger partial charge >= 0.3 is 6.18 Å². The minimum atomic E-state index is -4.33. The summed E-state index contributed by atoms with van der Waals surface area (Å²) in [5.74, 6) is 0.464. The highest BCUT2D eigenvalue weighted by Gasteiger charge is 2.29. The van der Waals surface area contributed by atoms with Crippen LogP contribution in [-0.4, -0.2) is 44.3 Å². The van der Waals surface area contributed by atoms with Crippen molar-refractivity contribution in [1.82, 2.24) is 19.5 Å². The quantitative estimate of drug-likeness (QED) is 0.714. The molecular weight excluding hydrogens is 371 g/mol. The van der Waals surface area contributed by atoms with Gasteiger partial charge in [-0.05, 0) is 38.5 Å². The predicted octanol–water partition coefficient (Wildman–Crippen LogP) is 3.60. The van der Waals surface area contributed by atoms with Crippen molar-refractivity contribution in [2.45, 2.75) is 75.7 Å². The van der Waals surface area contributed by atoms with Gasteiger partial charge in [-0.15, -0.1) is 0 Å². The van der Waals surface area contributed by atoms with E-state index in [9.17, 15) is 13.2 Å². The van der Waals surface area contributed by atoms with Crippen LogP contribution in [-0.2, 0) is 0 Å². The molecule has 28 heavy (non-hydrogen) atoms. The Balaban J connectivity index is 1.64. The number of nitrogens with one attached hydrogen (secondary N) is 2. The van der Waals surface area contributed by atoms with Gasteiger partial charge in [0.1, 0.15) is 6.54 Å². The Hall–Kier alpha value is -2.10. The van der Waals surface area contributed by atoms with E-state index >= 15 is 0 Å². The van der Waals surface area contributed by atoms with Crippen molar-refractivity contribution in [3.63, 3.8) is 0 Å². The first-order chi connectivity index (χ1) is 13.4. The van der Waals surface area contributed by atoms with Gasteiger partial charge in [-0.3, -0.25) is 0 Å². The van der Waals surface area contributed by atoms with Crippen molar-refractivity contribution < 1.29 is 13.2 Å². The number of fused-ring (bicyclic) bond motifs is 1. The van der Waals surface area contributed by atoms with E-state index in [-0.39, 0.29) is 23.9 Å². The van der Waals surface area contributed by atoms with Crippen LogP contribution in [0.2, 0.25) is 0 Å². The van der Waals surface area contributed by atoms with E-state index in [1.165, 1.54) is 0 Å². The average molecular weight is 397 g/mol. The molecule has 4 rings (SSSR count). The van der Waals surface area contributed by atoms with Crippen LogP contribution in [0.25, 0.3) is 11.2 Å². The van der Waals surface area contributed by atoms with Crippen LogP contribution < -0.4 is 16.4 Å². The Morgan fingerprint density at radius 3 is 2.46 bits per heavy atom. The fourth-order valence-electron chi connectivity index (χ4n) is 4.18. The molecule has 0 bridgehead atoms. The molecule has 2 aliphatic rings. The van der Waals surface area contributed by atoms with Crippen LogP contribution in [0.1, 0.15) is 57.4 Å². The lowest BCUT2D eigenvalue weighted by atomic mass is 9.92. The predicted molar refractivity (Wildman–Crippen MR) is 101 cm³/mol. The van der Waals surface area contributed by atoms with E-state index in [4.69, 9.17) is 5.73 Å². The van der Waals surface area contributed by atoms with E-state index in [2.05, 4.69) is 25.6 Å². The average Bonchev–Trinajstić information content (AvgIpc) is 3.30. The van der Waals surface area contributed by atoms with E-state index in [1.54, 1.807) is 6.33 Å². The van der Waals surface area contributed by atoms with Crippen LogP contribution in [0.15, 0.2) is 6.33 Å². The number of hydrogen-bond acceptors (Lipinski definition) is 6.